The second kappa shape index (κ2) is 8.34. The van der Waals surface area contributed by atoms with Gasteiger partial charge in [0.25, 0.3) is 5.91 Å². The first kappa shape index (κ1) is 20.1. The fourth-order valence-electron chi connectivity index (χ4n) is 4.53. The van der Waals surface area contributed by atoms with Gasteiger partial charge < -0.3 is 20.4 Å². The van der Waals surface area contributed by atoms with E-state index in [2.05, 4.69) is 26.0 Å². The van der Waals surface area contributed by atoms with E-state index in [-0.39, 0.29) is 5.91 Å². The number of nitrogens with zero attached hydrogens (tertiary/aromatic N) is 3. The molecule has 5 rings (SSSR count). The number of carbonyl (C=O) groups is 1. The third-order valence-electron chi connectivity index (χ3n) is 6.15. The van der Waals surface area contributed by atoms with E-state index in [1.165, 1.54) is 19.2 Å². The SMILES string of the molecule is COc1cc(-c2cn(C3CCCC3)c3ncnc(N)c23)ccc1NC(=O)c1ccccc1. The maximum atomic E-state index is 12.6. The lowest BCUT2D eigenvalue weighted by molar-refractivity contribution is 0.102. The van der Waals surface area contributed by atoms with Crippen LogP contribution in [0.15, 0.2) is 61.1 Å². The van der Waals surface area contributed by atoms with Crippen LogP contribution in [-0.2, 0) is 0 Å². The van der Waals surface area contributed by atoms with E-state index in [1.807, 2.05) is 36.4 Å². The summed E-state index contributed by atoms with van der Waals surface area (Å²) in [5, 5.41) is 3.79. The maximum absolute atomic E-state index is 12.6. The number of anilines is 2. The minimum atomic E-state index is -0.188. The Morgan fingerprint density at radius 3 is 2.66 bits per heavy atom. The van der Waals surface area contributed by atoms with Gasteiger partial charge in [0.1, 0.15) is 23.5 Å². The number of rotatable bonds is 5. The van der Waals surface area contributed by atoms with Gasteiger partial charge in [-0.15, -0.1) is 0 Å². The highest BCUT2D eigenvalue weighted by Crippen LogP contribution is 2.40. The molecule has 4 aromatic rings. The van der Waals surface area contributed by atoms with Crippen molar-refractivity contribution in [1.82, 2.24) is 14.5 Å². The number of carbonyl (C=O) groups excluding carboxylic acids is 1. The van der Waals surface area contributed by atoms with E-state index in [0.717, 1.165) is 35.0 Å². The number of hydrogen-bond acceptors (Lipinski definition) is 5. The molecule has 2 aromatic heterocycles. The normalized spacial score (nSPS) is 14.0. The molecular formula is C25H25N5O2. The number of aromatic nitrogens is 3. The van der Waals surface area contributed by atoms with Gasteiger partial charge in [0, 0.05) is 23.4 Å². The molecule has 0 bridgehead atoms. The van der Waals surface area contributed by atoms with Gasteiger partial charge in [-0.05, 0) is 42.7 Å². The van der Waals surface area contributed by atoms with E-state index < -0.39 is 0 Å². The molecule has 0 radical (unpaired) electrons. The molecule has 162 valence electrons. The molecule has 7 nitrogen and oxygen atoms in total. The van der Waals surface area contributed by atoms with Crippen molar-refractivity contribution in [3.8, 4) is 16.9 Å². The molecule has 0 saturated heterocycles. The zero-order valence-electron chi connectivity index (χ0n) is 17.9. The first-order valence-electron chi connectivity index (χ1n) is 10.8. The van der Waals surface area contributed by atoms with Crippen LogP contribution in [0.25, 0.3) is 22.2 Å². The maximum Gasteiger partial charge on any atom is 0.255 e. The Morgan fingerprint density at radius 2 is 1.91 bits per heavy atom. The van der Waals surface area contributed by atoms with Crippen molar-refractivity contribution in [3.05, 3.63) is 66.6 Å². The number of benzene rings is 2. The van der Waals surface area contributed by atoms with Crippen LogP contribution in [0.3, 0.4) is 0 Å². The molecule has 1 aliphatic rings. The van der Waals surface area contributed by atoms with Crippen molar-refractivity contribution >= 4 is 28.4 Å². The van der Waals surface area contributed by atoms with Crippen LogP contribution < -0.4 is 15.8 Å². The van der Waals surface area contributed by atoms with Crippen LogP contribution in [0, 0.1) is 0 Å². The van der Waals surface area contributed by atoms with Gasteiger partial charge >= 0.3 is 0 Å². The highest BCUT2D eigenvalue weighted by molar-refractivity contribution is 6.06. The zero-order chi connectivity index (χ0) is 22.1. The van der Waals surface area contributed by atoms with Crippen LogP contribution in [0.2, 0.25) is 0 Å². The molecule has 0 aliphatic heterocycles. The van der Waals surface area contributed by atoms with Crippen LogP contribution in [-0.4, -0.2) is 27.6 Å². The summed E-state index contributed by atoms with van der Waals surface area (Å²) in [6.45, 7) is 0. The summed E-state index contributed by atoms with van der Waals surface area (Å²) >= 11 is 0. The fraction of sp³-hybridized carbons (Fsp3) is 0.240. The van der Waals surface area contributed by atoms with E-state index in [1.54, 1.807) is 19.2 Å². The molecule has 1 amide bonds. The van der Waals surface area contributed by atoms with Crippen molar-refractivity contribution < 1.29 is 9.53 Å². The van der Waals surface area contributed by atoms with Gasteiger partial charge in [-0.25, -0.2) is 9.97 Å². The number of ether oxygens (including phenoxy) is 1. The molecule has 1 fully saturated rings. The highest BCUT2D eigenvalue weighted by Gasteiger charge is 2.23. The Hall–Kier alpha value is -3.87. The van der Waals surface area contributed by atoms with Gasteiger partial charge in [-0.2, -0.15) is 0 Å². The number of fused-ring (bicyclic) bond motifs is 1. The summed E-state index contributed by atoms with van der Waals surface area (Å²) in [6.07, 6.45) is 8.38. The highest BCUT2D eigenvalue weighted by atomic mass is 16.5. The number of hydrogen-bond donors (Lipinski definition) is 2. The van der Waals surface area contributed by atoms with E-state index in [0.29, 0.717) is 28.9 Å². The summed E-state index contributed by atoms with van der Waals surface area (Å²) in [5.74, 6) is 0.846. The average Bonchev–Trinajstić information content (AvgIpc) is 3.48. The van der Waals surface area contributed by atoms with E-state index >= 15 is 0 Å². The monoisotopic (exact) mass is 427 g/mol. The van der Waals surface area contributed by atoms with Crippen molar-refractivity contribution in [3.63, 3.8) is 0 Å². The second-order valence-electron chi connectivity index (χ2n) is 8.08. The van der Waals surface area contributed by atoms with Crippen LogP contribution in [0.5, 0.6) is 5.75 Å². The molecule has 2 aromatic carbocycles. The predicted octanol–water partition coefficient (Wildman–Crippen LogP) is 5.06. The second-order valence-corrected chi connectivity index (χ2v) is 8.08. The van der Waals surface area contributed by atoms with Gasteiger partial charge in [0.15, 0.2) is 0 Å². The van der Waals surface area contributed by atoms with Crippen LogP contribution in [0.1, 0.15) is 42.1 Å². The smallest absolute Gasteiger partial charge is 0.255 e. The Kier molecular flexibility index (Phi) is 5.23. The summed E-state index contributed by atoms with van der Waals surface area (Å²) < 4.78 is 7.85. The molecule has 0 atom stereocenters. The van der Waals surface area contributed by atoms with Crippen molar-refractivity contribution in [2.75, 3.05) is 18.2 Å². The minimum absolute atomic E-state index is 0.188. The number of amides is 1. The topological polar surface area (TPSA) is 95.1 Å². The lowest BCUT2D eigenvalue weighted by Gasteiger charge is -2.12. The van der Waals surface area contributed by atoms with Crippen LogP contribution >= 0.6 is 0 Å². The number of nitrogens with one attached hydrogen (secondary N) is 1. The van der Waals surface area contributed by atoms with Gasteiger partial charge in [-0.1, -0.05) is 37.1 Å². The molecule has 32 heavy (non-hydrogen) atoms. The number of nitrogen functional groups attached to an aromatic ring is 1. The van der Waals surface area contributed by atoms with Gasteiger partial charge in [0.05, 0.1) is 18.2 Å². The zero-order valence-corrected chi connectivity index (χ0v) is 17.9. The Balaban J connectivity index is 1.55. The third kappa shape index (κ3) is 3.56. The summed E-state index contributed by atoms with van der Waals surface area (Å²) in [5.41, 5.74) is 10.2. The Morgan fingerprint density at radius 1 is 1.12 bits per heavy atom. The van der Waals surface area contributed by atoms with Crippen molar-refractivity contribution in [1.29, 1.82) is 0 Å². The molecule has 1 aliphatic carbocycles. The van der Waals surface area contributed by atoms with E-state index in [9.17, 15) is 4.79 Å². The standard InChI is InChI=1S/C25H25N5O2/c1-32-21-13-17(11-12-20(21)29-25(31)16-7-3-2-4-8-16)19-14-30(18-9-5-6-10-18)24-22(19)23(26)27-15-28-24/h2-4,7-8,11-15,18H,5-6,9-10H2,1H3,(H,29,31)(H2,26,27,28). The lowest BCUT2D eigenvalue weighted by atomic mass is 10.0. The molecule has 1 saturated carbocycles. The summed E-state index contributed by atoms with van der Waals surface area (Å²) in [4.78, 5) is 21.4. The first-order valence-corrected chi connectivity index (χ1v) is 10.8. The van der Waals surface area contributed by atoms with Crippen molar-refractivity contribution in [2.24, 2.45) is 0 Å². The molecule has 0 unspecified atom stereocenters. The minimum Gasteiger partial charge on any atom is -0.495 e. The summed E-state index contributed by atoms with van der Waals surface area (Å²) in [7, 11) is 1.59. The molecule has 2 heterocycles. The average molecular weight is 428 g/mol. The summed E-state index contributed by atoms with van der Waals surface area (Å²) in [6, 6.07) is 15.3. The lowest BCUT2D eigenvalue weighted by Crippen LogP contribution is -2.12. The number of methoxy groups -OCH3 is 1. The molecule has 0 spiro atoms. The van der Waals surface area contributed by atoms with Crippen molar-refractivity contribution in [2.45, 2.75) is 31.7 Å². The molecule has 3 N–H and O–H groups in total. The largest absolute Gasteiger partial charge is 0.495 e. The third-order valence-corrected chi connectivity index (χ3v) is 6.15. The quantitative estimate of drug-likeness (QED) is 0.464. The molecular weight excluding hydrogens is 402 g/mol. The van der Waals surface area contributed by atoms with Gasteiger partial charge in [-0.3, -0.25) is 4.79 Å². The Labute approximate surface area is 186 Å². The van der Waals surface area contributed by atoms with E-state index in [4.69, 9.17) is 10.5 Å². The molecule has 7 heteroatoms. The number of nitrogens with two attached hydrogens (primary N) is 1. The van der Waals surface area contributed by atoms with Crippen LogP contribution in [0.4, 0.5) is 11.5 Å². The fourth-order valence-corrected chi connectivity index (χ4v) is 4.53. The Bertz CT molecular complexity index is 1280. The predicted molar refractivity (Wildman–Crippen MR) is 126 cm³/mol. The first-order chi connectivity index (χ1) is 15.7. The van der Waals surface area contributed by atoms with Gasteiger partial charge in [0.2, 0.25) is 0 Å².